The minimum atomic E-state index is -4.99. The van der Waals surface area contributed by atoms with E-state index in [0.29, 0.717) is 11.4 Å². The first-order valence-electron chi connectivity index (χ1n) is 11.9. The lowest BCUT2D eigenvalue weighted by molar-refractivity contribution is -0.512. The summed E-state index contributed by atoms with van der Waals surface area (Å²) in [7, 11) is -2.68. The number of nitrogens with one attached hydrogen (secondary N) is 1. The fourth-order valence-electron chi connectivity index (χ4n) is 4.45. The van der Waals surface area contributed by atoms with Crippen LogP contribution in [0.1, 0.15) is 12.8 Å². The number of carbonyl (C=O) groups is 1. The summed E-state index contributed by atoms with van der Waals surface area (Å²) in [6.07, 6.45) is -5.19. The van der Waals surface area contributed by atoms with Crippen LogP contribution in [0.4, 0.5) is 28.9 Å². The molecule has 0 radical (unpaired) electrons. The molecule has 3 aromatic rings. The Balaban J connectivity index is 1.77. The Kier molecular flexibility index (Phi) is 8.10. The molecule has 1 heterocycles. The summed E-state index contributed by atoms with van der Waals surface area (Å²) in [5, 5.41) is 14.3. The van der Waals surface area contributed by atoms with Crippen molar-refractivity contribution in [1.29, 1.82) is 5.41 Å². The van der Waals surface area contributed by atoms with E-state index in [4.69, 9.17) is 15.3 Å². The van der Waals surface area contributed by atoms with Gasteiger partial charge in [0.25, 0.3) is 0 Å². The van der Waals surface area contributed by atoms with Gasteiger partial charge in [0.05, 0.1) is 17.7 Å². The summed E-state index contributed by atoms with van der Waals surface area (Å²) in [5.41, 5.74) is -2.02. The molecule has 13 heteroatoms. The number of alkyl halides is 3. The summed E-state index contributed by atoms with van der Waals surface area (Å²) in [6.45, 7) is -0.114. The standard InChI is InChI=1S/C27H24F4N4O4S/c1-39-18-11-9-17(10-12-18)34-24-20(25(32)27(29,30)31)6-4-14-35(26(24)36)22-13-8-16(15-21(22)28)19-5-2-3-7-23(19)40(33,37)38/h2-3,5,7-13,15,32,34H,4,6,14H2,1H3,(H2,33,37,38)/p+1. The first-order valence-corrected chi connectivity index (χ1v) is 13.5. The number of amides is 1. The fraction of sp³-hybridized carbons (Fsp3) is 0.185. The second-order valence-electron chi connectivity index (χ2n) is 8.95. The Morgan fingerprint density at radius 1 is 1.07 bits per heavy atom. The molecular weight excluding hydrogens is 552 g/mol. The predicted octanol–water partition coefficient (Wildman–Crippen LogP) is 4.01. The highest BCUT2D eigenvalue weighted by Gasteiger charge is 2.42. The highest BCUT2D eigenvalue weighted by molar-refractivity contribution is 7.89. The van der Waals surface area contributed by atoms with Gasteiger partial charge in [0.1, 0.15) is 23.0 Å². The van der Waals surface area contributed by atoms with Gasteiger partial charge in [-0.1, -0.05) is 24.3 Å². The maximum absolute atomic E-state index is 15.5. The number of benzene rings is 3. The number of halogens is 4. The molecule has 0 saturated heterocycles. The van der Waals surface area contributed by atoms with Crippen molar-refractivity contribution in [1.82, 2.24) is 0 Å². The number of quaternary nitrogens is 1. The van der Waals surface area contributed by atoms with Crippen molar-refractivity contribution in [3.8, 4) is 16.9 Å². The lowest BCUT2D eigenvalue weighted by Gasteiger charge is -2.22. The summed E-state index contributed by atoms with van der Waals surface area (Å²) in [4.78, 5) is 14.5. The van der Waals surface area contributed by atoms with Crippen molar-refractivity contribution in [3.05, 3.63) is 83.8 Å². The molecule has 0 bridgehead atoms. The van der Waals surface area contributed by atoms with E-state index in [1.165, 1.54) is 42.8 Å². The smallest absolute Gasteiger partial charge is 0.433 e. The highest BCUT2D eigenvalue weighted by Crippen LogP contribution is 2.33. The molecule has 4 rings (SSSR count). The van der Waals surface area contributed by atoms with E-state index in [1.54, 1.807) is 30.3 Å². The Morgan fingerprint density at radius 2 is 1.75 bits per heavy atom. The molecule has 0 aliphatic carbocycles. The van der Waals surface area contributed by atoms with Crippen LogP contribution in [0.3, 0.4) is 0 Å². The van der Waals surface area contributed by atoms with Crippen LogP contribution in [0.5, 0.6) is 5.75 Å². The third-order valence-corrected chi connectivity index (χ3v) is 7.33. The van der Waals surface area contributed by atoms with Gasteiger partial charge in [-0.25, -0.2) is 17.9 Å². The summed E-state index contributed by atoms with van der Waals surface area (Å²) < 4.78 is 85.4. The van der Waals surface area contributed by atoms with Crippen LogP contribution < -0.4 is 20.1 Å². The van der Waals surface area contributed by atoms with Crippen LogP contribution >= 0.6 is 0 Å². The average Bonchev–Trinajstić information content (AvgIpc) is 3.06. The average molecular weight is 578 g/mol. The van der Waals surface area contributed by atoms with Crippen LogP contribution in [-0.4, -0.2) is 39.9 Å². The normalized spacial score (nSPS) is 14.8. The van der Waals surface area contributed by atoms with Gasteiger partial charge in [-0.3, -0.25) is 15.5 Å². The van der Waals surface area contributed by atoms with E-state index in [0.717, 1.165) is 11.0 Å². The minimum Gasteiger partial charge on any atom is -0.497 e. The molecule has 5 N–H and O–H groups in total. The molecule has 0 spiro atoms. The lowest BCUT2D eigenvalue weighted by Crippen LogP contribution is -2.79. The first-order chi connectivity index (χ1) is 18.8. The van der Waals surface area contributed by atoms with E-state index >= 15 is 4.39 Å². The third kappa shape index (κ3) is 6.06. The van der Waals surface area contributed by atoms with E-state index in [9.17, 15) is 26.4 Å². The third-order valence-electron chi connectivity index (χ3n) is 6.36. The predicted molar refractivity (Wildman–Crippen MR) is 140 cm³/mol. The molecule has 0 atom stereocenters. The number of hydrogen-bond donors (Lipinski definition) is 3. The monoisotopic (exact) mass is 577 g/mol. The molecule has 1 aliphatic rings. The molecule has 210 valence electrons. The van der Waals surface area contributed by atoms with Crippen molar-refractivity contribution in [2.45, 2.75) is 23.9 Å². The summed E-state index contributed by atoms with van der Waals surface area (Å²) in [6, 6.07) is 15.7. The van der Waals surface area contributed by atoms with Gasteiger partial charge in [0.2, 0.25) is 15.7 Å². The molecule has 8 nitrogen and oxygen atoms in total. The molecule has 0 unspecified atom stereocenters. The number of hydrogen-bond acceptors (Lipinski definition) is 5. The second kappa shape index (κ2) is 11.2. The quantitative estimate of drug-likeness (QED) is 0.223. The fourth-order valence-corrected chi connectivity index (χ4v) is 5.21. The zero-order valence-corrected chi connectivity index (χ0v) is 21.9. The minimum absolute atomic E-state index is 0.0366. The Hall–Kier alpha value is -4.07. The topological polar surface area (TPSA) is 130 Å². The molecular formula is C27H25F4N4O4S+. The highest BCUT2D eigenvalue weighted by atomic mass is 32.2. The van der Waals surface area contributed by atoms with Crippen LogP contribution in [-0.2, 0) is 14.8 Å². The first kappa shape index (κ1) is 28.9. The number of allylic oxidation sites excluding steroid dienone is 1. The molecule has 0 saturated carbocycles. The number of sulfonamides is 1. The van der Waals surface area contributed by atoms with Gasteiger partial charge in [-0.05, 0) is 48.7 Å². The van der Waals surface area contributed by atoms with Crippen LogP contribution in [0.25, 0.3) is 11.1 Å². The van der Waals surface area contributed by atoms with E-state index in [1.807, 2.05) is 0 Å². The van der Waals surface area contributed by atoms with Gasteiger partial charge >= 0.3 is 12.1 Å². The molecule has 1 amide bonds. The lowest BCUT2D eigenvalue weighted by atomic mass is 10.0. The summed E-state index contributed by atoms with van der Waals surface area (Å²) >= 11 is 0. The molecule has 1 aliphatic heterocycles. The van der Waals surface area contributed by atoms with Gasteiger partial charge in [0.15, 0.2) is 0 Å². The molecule has 3 aromatic carbocycles. The maximum atomic E-state index is 15.5. The van der Waals surface area contributed by atoms with Crippen LogP contribution in [0.15, 0.2) is 82.9 Å². The molecule has 0 fully saturated rings. The number of carbonyl (C=O) groups excluding carboxylic acids is 1. The van der Waals surface area contributed by atoms with Gasteiger partial charge in [-0.15, -0.1) is 0 Å². The largest absolute Gasteiger partial charge is 0.497 e. The zero-order valence-electron chi connectivity index (χ0n) is 21.1. The number of ether oxygens (including phenoxy) is 1. The number of anilines is 1. The maximum Gasteiger partial charge on any atom is 0.433 e. The Labute approximate surface area is 227 Å². The van der Waals surface area contributed by atoms with Gasteiger partial charge in [0, 0.05) is 29.8 Å². The molecule has 40 heavy (non-hydrogen) atoms. The number of methoxy groups -OCH3 is 1. The Morgan fingerprint density at radius 3 is 2.35 bits per heavy atom. The van der Waals surface area contributed by atoms with Crippen molar-refractivity contribution in [3.63, 3.8) is 0 Å². The van der Waals surface area contributed by atoms with Crippen LogP contribution in [0.2, 0.25) is 0 Å². The van der Waals surface area contributed by atoms with E-state index < -0.39 is 39.2 Å². The number of rotatable bonds is 7. The van der Waals surface area contributed by atoms with Gasteiger partial charge < -0.3 is 9.64 Å². The number of primary sulfonamides is 1. The zero-order chi connectivity index (χ0) is 29.2. The van der Waals surface area contributed by atoms with Gasteiger partial charge in [-0.2, -0.15) is 13.2 Å². The van der Waals surface area contributed by atoms with Crippen molar-refractivity contribution < 1.29 is 40.8 Å². The second-order valence-corrected chi connectivity index (χ2v) is 10.5. The Bertz CT molecular complexity index is 1600. The van der Waals surface area contributed by atoms with Crippen LogP contribution in [0, 0.1) is 11.2 Å². The molecule has 0 aromatic heterocycles. The van der Waals surface area contributed by atoms with Crippen molar-refractivity contribution >= 4 is 33.0 Å². The SMILES string of the molecule is COc1ccc([NH2+]C2=C(C(=N)C(F)(F)F)CCCN(c3ccc(-c4ccccc4S(N)(=O)=O)cc3F)C2=O)cc1. The van der Waals surface area contributed by atoms with E-state index in [-0.39, 0.29) is 46.8 Å². The number of nitrogens with zero attached hydrogens (tertiary/aromatic N) is 1. The van der Waals surface area contributed by atoms with E-state index in [2.05, 4.69) is 0 Å². The number of nitrogens with two attached hydrogens (primary N) is 2. The summed E-state index contributed by atoms with van der Waals surface area (Å²) in [5.74, 6) is -1.31. The van der Waals surface area contributed by atoms with Crippen molar-refractivity contribution in [2.24, 2.45) is 5.14 Å². The van der Waals surface area contributed by atoms with Crippen molar-refractivity contribution in [2.75, 3.05) is 18.6 Å².